The summed E-state index contributed by atoms with van der Waals surface area (Å²) in [7, 11) is -2.29. The molecule has 0 radical (unpaired) electrons. The molecule has 0 aromatic heterocycles. The number of nitrogens with one attached hydrogen (secondary N) is 1. The number of hydrogen-bond acceptors (Lipinski definition) is 5. The van der Waals surface area contributed by atoms with Crippen LogP contribution < -0.4 is 10.5 Å². The van der Waals surface area contributed by atoms with Crippen LogP contribution in [0.25, 0.3) is 0 Å². The van der Waals surface area contributed by atoms with Crippen molar-refractivity contribution < 1.29 is 22.7 Å². The molecule has 21 heavy (non-hydrogen) atoms. The van der Waals surface area contributed by atoms with Gasteiger partial charge in [0.05, 0.1) is 24.7 Å². The number of halogens is 1. The molecule has 0 saturated carbocycles. The van der Waals surface area contributed by atoms with Crippen molar-refractivity contribution in [2.24, 2.45) is 5.14 Å². The Balaban J connectivity index is 2.60. The van der Waals surface area contributed by atoms with Gasteiger partial charge in [-0.05, 0) is 18.2 Å². The van der Waals surface area contributed by atoms with Gasteiger partial charge in [0.25, 0.3) is 5.91 Å². The van der Waals surface area contributed by atoms with Crippen LogP contribution in [0.4, 0.5) is 0 Å². The number of primary sulfonamides is 1. The van der Waals surface area contributed by atoms with Gasteiger partial charge in [-0.3, -0.25) is 4.79 Å². The maximum absolute atomic E-state index is 11.9. The van der Waals surface area contributed by atoms with Crippen LogP contribution in [0, 0.1) is 0 Å². The highest BCUT2D eigenvalue weighted by molar-refractivity contribution is 9.10. The minimum atomic E-state index is -3.87. The maximum Gasteiger partial charge on any atom is 0.251 e. The largest absolute Gasteiger partial charge is 0.382 e. The van der Waals surface area contributed by atoms with Gasteiger partial charge >= 0.3 is 0 Å². The lowest BCUT2D eigenvalue weighted by Gasteiger charge is -2.08. The van der Waals surface area contributed by atoms with Gasteiger partial charge in [-0.2, -0.15) is 0 Å². The lowest BCUT2D eigenvalue weighted by Crippen LogP contribution is -2.28. The summed E-state index contributed by atoms with van der Waals surface area (Å²) in [5.41, 5.74) is 0.199. The summed E-state index contributed by atoms with van der Waals surface area (Å²) in [5, 5.41) is 7.67. The maximum atomic E-state index is 11.9. The number of sulfonamides is 1. The van der Waals surface area contributed by atoms with Crippen LogP contribution in [0.5, 0.6) is 0 Å². The molecule has 1 amide bonds. The van der Waals surface area contributed by atoms with E-state index in [1.165, 1.54) is 18.2 Å². The Kier molecular flexibility index (Phi) is 7.26. The number of rotatable bonds is 8. The second-order valence-corrected chi connectivity index (χ2v) is 6.56. The third kappa shape index (κ3) is 6.53. The fourth-order valence-electron chi connectivity index (χ4n) is 1.44. The van der Waals surface area contributed by atoms with Crippen LogP contribution >= 0.6 is 15.9 Å². The monoisotopic (exact) mass is 380 g/mol. The van der Waals surface area contributed by atoms with Gasteiger partial charge in [0.1, 0.15) is 0 Å². The third-order valence-electron chi connectivity index (χ3n) is 2.43. The predicted octanol–water partition coefficient (Wildman–Crippen LogP) is 0.489. The number of carbonyl (C=O) groups is 1. The standard InChI is InChI=1S/C12H17BrN2O5S/c1-19-4-5-20-3-2-15-12(16)9-6-10(13)8-11(7-9)21(14,17)18/h6-8H,2-5H2,1H3,(H,15,16)(H2,14,17,18). The third-order valence-corrected chi connectivity index (χ3v) is 3.78. The molecule has 0 atom stereocenters. The second-order valence-electron chi connectivity index (χ2n) is 4.08. The summed E-state index contributed by atoms with van der Waals surface area (Å²) in [6.07, 6.45) is 0. The fourth-order valence-corrected chi connectivity index (χ4v) is 2.67. The number of carbonyl (C=O) groups excluding carboxylic acids is 1. The zero-order chi connectivity index (χ0) is 15.9. The van der Waals surface area contributed by atoms with E-state index in [2.05, 4.69) is 21.2 Å². The molecule has 0 aliphatic heterocycles. The van der Waals surface area contributed by atoms with Crippen LogP contribution in [0.1, 0.15) is 10.4 Å². The normalized spacial score (nSPS) is 11.4. The molecule has 0 saturated heterocycles. The zero-order valence-corrected chi connectivity index (χ0v) is 13.9. The van der Waals surface area contributed by atoms with E-state index in [1.54, 1.807) is 7.11 Å². The highest BCUT2D eigenvalue weighted by Gasteiger charge is 2.13. The number of amides is 1. The molecule has 3 N–H and O–H groups in total. The van der Waals surface area contributed by atoms with Crippen molar-refractivity contribution in [1.29, 1.82) is 0 Å². The average Bonchev–Trinajstić information content (AvgIpc) is 2.40. The van der Waals surface area contributed by atoms with Gasteiger partial charge in [-0.1, -0.05) is 15.9 Å². The molecule has 0 bridgehead atoms. The van der Waals surface area contributed by atoms with Gasteiger partial charge in [-0.25, -0.2) is 13.6 Å². The Hall–Kier alpha value is -1.00. The minimum absolute atomic E-state index is 0.127. The SMILES string of the molecule is COCCOCCNC(=O)c1cc(Br)cc(S(N)(=O)=O)c1. The second kappa shape index (κ2) is 8.44. The average molecular weight is 381 g/mol. The highest BCUT2D eigenvalue weighted by atomic mass is 79.9. The molecular formula is C12H17BrN2O5S. The molecule has 1 aromatic carbocycles. The Morgan fingerprint density at radius 3 is 2.62 bits per heavy atom. The summed E-state index contributed by atoms with van der Waals surface area (Å²) in [4.78, 5) is 11.8. The lowest BCUT2D eigenvalue weighted by atomic mass is 10.2. The van der Waals surface area contributed by atoms with E-state index in [1.807, 2.05) is 0 Å². The van der Waals surface area contributed by atoms with E-state index in [4.69, 9.17) is 14.6 Å². The molecule has 1 aromatic rings. The van der Waals surface area contributed by atoms with Crippen molar-refractivity contribution in [2.75, 3.05) is 33.5 Å². The summed E-state index contributed by atoms with van der Waals surface area (Å²) in [5.74, 6) is -0.406. The lowest BCUT2D eigenvalue weighted by molar-refractivity contribution is 0.0692. The van der Waals surface area contributed by atoms with Crippen LogP contribution in [-0.4, -0.2) is 47.8 Å². The molecular weight excluding hydrogens is 364 g/mol. The molecule has 9 heteroatoms. The predicted molar refractivity (Wildman–Crippen MR) is 80.5 cm³/mol. The summed E-state index contributed by atoms with van der Waals surface area (Å²) >= 11 is 3.15. The minimum Gasteiger partial charge on any atom is -0.382 e. The first-order valence-electron chi connectivity index (χ1n) is 6.03. The molecule has 7 nitrogen and oxygen atoms in total. The van der Waals surface area contributed by atoms with Crippen molar-refractivity contribution in [3.8, 4) is 0 Å². The number of nitrogens with two attached hydrogens (primary N) is 1. The highest BCUT2D eigenvalue weighted by Crippen LogP contribution is 2.18. The van der Waals surface area contributed by atoms with E-state index in [9.17, 15) is 13.2 Å². The van der Waals surface area contributed by atoms with Crippen molar-refractivity contribution in [3.05, 3.63) is 28.2 Å². The van der Waals surface area contributed by atoms with Crippen LogP contribution in [0.3, 0.4) is 0 Å². The molecule has 0 unspecified atom stereocenters. The van der Waals surface area contributed by atoms with Gasteiger partial charge in [0.2, 0.25) is 10.0 Å². The first kappa shape index (κ1) is 18.1. The van der Waals surface area contributed by atoms with E-state index >= 15 is 0 Å². The van der Waals surface area contributed by atoms with Crippen molar-refractivity contribution in [2.45, 2.75) is 4.90 Å². The smallest absolute Gasteiger partial charge is 0.251 e. The number of hydrogen-bond donors (Lipinski definition) is 2. The van der Waals surface area contributed by atoms with Crippen molar-refractivity contribution in [1.82, 2.24) is 5.32 Å². The summed E-state index contributed by atoms with van der Waals surface area (Å²) in [6.45, 7) is 1.57. The number of ether oxygens (including phenoxy) is 2. The first-order chi connectivity index (χ1) is 9.84. The fraction of sp³-hybridized carbons (Fsp3) is 0.417. The Bertz CT molecular complexity index is 591. The van der Waals surface area contributed by atoms with Crippen LogP contribution in [-0.2, 0) is 19.5 Å². The zero-order valence-electron chi connectivity index (χ0n) is 11.5. The van der Waals surface area contributed by atoms with Gasteiger partial charge in [0, 0.05) is 23.7 Å². The van der Waals surface area contributed by atoms with E-state index in [0.717, 1.165) is 0 Å². The molecule has 0 aliphatic carbocycles. The quantitative estimate of drug-likeness (QED) is 0.638. The van der Waals surface area contributed by atoms with E-state index in [0.29, 0.717) is 30.8 Å². The van der Waals surface area contributed by atoms with Crippen LogP contribution in [0.15, 0.2) is 27.6 Å². The van der Waals surface area contributed by atoms with Gasteiger partial charge in [-0.15, -0.1) is 0 Å². The molecule has 1 rings (SSSR count). The van der Waals surface area contributed by atoms with Gasteiger partial charge in [0.15, 0.2) is 0 Å². The van der Waals surface area contributed by atoms with Crippen molar-refractivity contribution >= 4 is 31.9 Å². The molecule has 0 spiro atoms. The molecule has 118 valence electrons. The van der Waals surface area contributed by atoms with Crippen molar-refractivity contribution in [3.63, 3.8) is 0 Å². The van der Waals surface area contributed by atoms with E-state index < -0.39 is 15.9 Å². The van der Waals surface area contributed by atoms with Crippen LogP contribution in [0.2, 0.25) is 0 Å². The molecule has 0 fully saturated rings. The Morgan fingerprint density at radius 2 is 2.00 bits per heavy atom. The Labute approximate surface area is 132 Å². The van der Waals surface area contributed by atoms with Gasteiger partial charge < -0.3 is 14.8 Å². The topological polar surface area (TPSA) is 108 Å². The number of benzene rings is 1. The Morgan fingerprint density at radius 1 is 1.29 bits per heavy atom. The number of methoxy groups -OCH3 is 1. The van der Waals surface area contributed by atoms with E-state index in [-0.39, 0.29) is 10.5 Å². The summed E-state index contributed by atoms with van der Waals surface area (Å²) < 4.78 is 33.1. The summed E-state index contributed by atoms with van der Waals surface area (Å²) in [6, 6.07) is 4.07. The molecule has 0 heterocycles. The first-order valence-corrected chi connectivity index (χ1v) is 8.37. The molecule has 0 aliphatic rings.